The Bertz CT molecular complexity index is 942. The Hall–Kier alpha value is -2.72. The van der Waals surface area contributed by atoms with Gasteiger partial charge >= 0.3 is 5.97 Å². The van der Waals surface area contributed by atoms with Crippen LogP contribution < -0.4 is 10.0 Å². The topological polar surface area (TPSA) is 130 Å². The van der Waals surface area contributed by atoms with Crippen LogP contribution in [0.1, 0.15) is 23.1 Å². The van der Waals surface area contributed by atoms with Crippen LogP contribution >= 0.6 is 0 Å². The molecular formula is C17H22N4O5S. The van der Waals surface area contributed by atoms with Gasteiger partial charge in [-0.1, -0.05) is 17.7 Å². The predicted molar refractivity (Wildman–Crippen MR) is 99.0 cm³/mol. The highest BCUT2D eigenvalue weighted by Crippen LogP contribution is 2.21. The number of sulfonamides is 1. The molecule has 0 saturated heterocycles. The number of anilines is 1. The maximum absolute atomic E-state index is 12.5. The van der Waals surface area contributed by atoms with Gasteiger partial charge in [-0.3, -0.25) is 14.3 Å². The second kappa shape index (κ2) is 8.31. The van der Waals surface area contributed by atoms with Crippen LogP contribution in [0.3, 0.4) is 0 Å². The van der Waals surface area contributed by atoms with E-state index >= 15 is 0 Å². The summed E-state index contributed by atoms with van der Waals surface area (Å²) in [6.45, 7) is 4.97. The quantitative estimate of drug-likeness (QED) is 0.617. The average Bonchev–Trinajstić information content (AvgIpc) is 2.91. The van der Waals surface area contributed by atoms with Gasteiger partial charge in [0.1, 0.15) is 6.54 Å². The molecule has 1 heterocycles. The van der Waals surface area contributed by atoms with Gasteiger partial charge in [-0.15, -0.1) is 0 Å². The standard InChI is InChI=1S/C17H22N4O5S/c1-11-8-12(2)17(13(3)9-11)27(25,26)18-6-4-15(22)19-14-5-7-21(20-14)10-16(23)24/h5,7-9,18H,4,6,10H2,1-3H3,(H,23,24)(H,19,20,22). The minimum absolute atomic E-state index is 0.0727. The molecule has 1 aromatic heterocycles. The number of aromatic nitrogens is 2. The molecule has 0 saturated carbocycles. The Morgan fingerprint density at radius 3 is 2.41 bits per heavy atom. The van der Waals surface area contributed by atoms with E-state index in [-0.39, 0.29) is 30.2 Å². The molecule has 0 aliphatic heterocycles. The molecule has 2 aromatic rings. The Kier molecular flexibility index (Phi) is 6.34. The lowest BCUT2D eigenvalue weighted by atomic mass is 10.1. The van der Waals surface area contributed by atoms with Crippen LogP contribution in [0, 0.1) is 20.8 Å². The number of amides is 1. The summed E-state index contributed by atoms with van der Waals surface area (Å²) in [5.41, 5.74) is 2.27. The lowest BCUT2D eigenvalue weighted by Gasteiger charge is -2.13. The zero-order chi connectivity index (χ0) is 20.2. The van der Waals surface area contributed by atoms with Crippen molar-refractivity contribution in [3.05, 3.63) is 41.1 Å². The SMILES string of the molecule is Cc1cc(C)c(S(=O)(=O)NCCC(=O)Nc2ccn(CC(=O)O)n2)c(C)c1. The van der Waals surface area contributed by atoms with Crippen molar-refractivity contribution in [1.82, 2.24) is 14.5 Å². The van der Waals surface area contributed by atoms with Gasteiger partial charge in [-0.05, 0) is 31.9 Å². The lowest BCUT2D eigenvalue weighted by Crippen LogP contribution is -2.29. The minimum Gasteiger partial charge on any atom is -0.480 e. The molecule has 0 aliphatic carbocycles. The molecule has 1 amide bonds. The van der Waals surface area contributed by atoms with Crippen LogP contribution in [0.4, 0.5) is 5.82 Å². The maximum Gasteiger partial charge on any atom is 0.325 e. The highest BCUT2D eigenvalue weighted by atomic mass is 32.2. The fourth-order valence-corrected chi connectivity index (χ4v) is 4.30. The van der Waals surface area contributed by atoms with Crippen molar-refractivity contribution < 1.29 is 23.1 Å². The summed E-state index contributed by atoms with van der Waals surface area (Å²) >= 11 is 0. The molecule has 2 rings (SSSR count). The van der Waals surface area contributed by atoms with Crippen molar-refractivity contribution in [2.24, 2.45) is 0 Å². The van der Waals surface area contributed by atoms with Gasteiger partial charge in [0.2, 0.25) is 15.9 Å². The van der Waals surface area contributed by atoms with Crippen LogP contribution in [0.5, 0.6) is 0 Å². The van der Waals surface area contributed by atoms with E-state index in [9.17, 15) is 18.0 Å². The van der Waals surface area contributed by atoms with Gasteiger partial charge in [0.15, 0.2) is 5.82 Å². The van der Waals surface area contributed by atoms with E-state index in [1.165, 1.54) is 16.9 Å². The largest absolute Gasteiger partial charge is 0.480 e. The molecule has 3 N–H and O–H groups in total. The first-order valence-electron chi connectivity index (χ1n) is 8.21. The number of hydrogen-bond donors (Lipinski definition) is 3. The first-order valence-corrected chi connectivity index (χ1v) is 9.69. The fraction of sp³-hybridized carbons (Fsp3) is 0.353. The highest BCUT2D eigenvalue weighted by Gasteiger charge is 2.20. The number of rotatable bonds is 8. The Labute approximate surface area is 157 Å². The van der Waals surface area contributed by atoms with E-state index in [2.05, 4.69) is 15.1 Å². The summed E-state index contributed by atoms with van der Waals surface area (Å²) in [4.78, 5) is 22.8. The number of hydrogen-bond acceptors (Lipinski definition) is 5. The van der Waals surface area contributed by atoms with Gasteiger partial charge in [0, 0.05) is 25.2 Å². The summed E-state index contributed by atoms with van der Waals surface area (Å²) in [6, 6.07) is 5.05. The maximum atomic E-state index is 12.5. The van der Waals surface area contributed by atoms with Gasteiger partial charge in [-0.25, -0.2) is 13.1 Å². The highest BCUT2D eigenvalue weighted by molar-refractivity contribution is 7.89. The van der Waals surface area contributed by atoms with E-state index in [4.69, 9.17) is 5.11 Å². The number of carbonyl (C=O) groups excluding carboxylic acids is 1. The lowest BCUT2D eigenvalue weighted by molar-refractivity contribution is -0.137. The summed E-state index contributed by atoms with van der Waals surface area (Å²) in [5.74, 6) is -1.28. The van der Waals surface area contributed by atoms with Crippen molar-refractivity contribution in [1.29, 1.82) is 0 Å². The molecule has 0 atom stereocenters. The zero-order valence-corrected chi connectivity index (χ0v) is 16.1. The average molecular weight is 394 g/mol. The third-order valence-corrected chi connectivity index (χ3v) is 5.49. The van der Waals surface area contributed by atoms with Gasteiger partial charge < -0.3 is 10.4 Å². The predicted octanol–water partition coefficient (Wildman–Crippen LogP) is 1.20. The third kappa shape index (κ3) is 5.63. The van der Waals surface area contributed by atoms with E-state index < -0.39 is 21.9 Å². The van der Waals surface area contributed by atoms with Crippen LogP contribution in [-0.4, -0.2) is 41.7 Å². The molecule has 0 fully saturated rings. The van der Waals surface area contributed by atoms with E-state index in [1.54, 1.807) is 26.0 Å². The summed E-state index contributed by atoms with van der Waals surface area (Å²) in [5, 5.41) is 15.1. The third-order valence-electron chi connectivity index (χ3n) is 3.72. The van der Waals surface area contributed by atoms with Crippen molar-refractivity contribution in [2.45, 2.75) is 38.6 Å². The molecule has 146 valence electrons. The molecule has 0 spiro atoms. The van der Waals surface area contributed by atoms with E-state index in [0.717, 1.165) is 5.56 Å². The van der Waals surface area contributed by atoms with Crippen LogP contribution in [0.15, 0.2) is 29.3 Å². The van der Waals surface area contributed by atoms with Crippen molar-refractivity contribution >= 4 is 27.7 Å². The molecular weight excluding hydrogens is 372 g/mol. The second-order valence-electron chi connectivity index (χ2n) is 6.22. The van der Waals surface area contributed by atoms with Gasteiger partial charge in [-0.2, -0.15) is 5.10 Å². The first-order chi connectivity index (χ1) is 12.6. The van der Waals surface area contributed by atoms with Crippen LogP contribution in [0.25, 0.3) is 0 Å². The smallest absolute Gasteiger partial charge is 0.325 e. The number of carboxylic acids is 1. The summed E-state index contributed by atoms with van der Waals surface area (Å²) in [6.07, 6.45) is 1.34. The summed E-state index contributed by atoms with van der Waals surface area (Å²) in [7, 11) is -3.73. The number of carboxylic acid groups (broad SMARTS) is 1. The molecule has 0 aliphatic rings. The first kappa shape index (κ1) is 20.6. The molecule has 9 nitrogen and oxygen atoms in total. The van der Waals surface area contributed by atoms with Gasteiger partial charge in [0.25, 0.3) is 0 Å². The van der Waals surface area contributed by atoms with E-state index in [0.29, 0.717) is 11.1 Å². The number of benzene rings is 1. The molecule has 27 heavy (non-hydrogen) atoms. The molecule has 0 bridgehead atoms. The number of carbonyl (C=O) groups is 2. The molecule has 0 unspecified atom stereocenters. The van der Waals surface area contributed by atoms with Crippen molar-refractivity contribution in [2.75, 3.05) is 11.9 Å². The number of aliphatic carboxylic acids is 1. The fourth-order valence-electron chi connectivity index (χ4n) is 2.82. The van der Waals surface area contributed by atoms with E-state index in [1.807, 2.05) is 6.92 Å². The second-order valence-corrected chi connectivity index (χ2v) is 7.92. The Balaban J connectivity index is 1.92. The van der Waals surface area contributed by atoms with Crippen molar-refractivity contribution in [3.63, 3.8) is 0 Å². The van der Waals surface area contributed by atoms with Crippen LogP contribution in [0.2, 0.25) is 0 Å². The number of nitrogens with one attached hydrogen (secondary N) is 2. The number of aryl methyl sites for hydroxylation is 3. The number of nitrogens with zero attached hydrogens (tertiary/aromatic N) is 2. The Morgan fingerprint density at radius 1 is 1.19 bits per heavy atom. The summed E-state index contributed by atoms with van der Waals surface area (Å²) < 4.78 is 28.6. The minimum atomic E-state index is -3.73. The Morgan fingerprint density at radius 2 is 1.81 bits per heavy atom. The molecule has 10 heteroatoms. The van der Waals surface area contributed by atoms with Crippen molar-refractivity contribution in [3.8, 4) is 0 Å². The normalized spacial score (nSPS) is 11.4. The monoisotopic (exact) mass is 394 g/mol. The molecule has 0 radical (unpaired) electrons. The zero-order valence-electron chi connectivity index (χ0n) is 15.3. The molecule has 1 aromatic carbocycles. The van der Waals surface area contributed by atoms with Crippen LogP contribution in [-0.2, 0) is 26.2 Å². The van der Waals surface area contributed by atoms with Gasteiger partial charge in [0.05, 0.1) is 4.90 Å².